The summed E-state index contributed by atoms with van der Waals surface area (Å²) in [5.74, 6) is 0.664. The average molecular weight is 286 g/mol. The van der Waals surface area contributed by atoms with Crippen LogP contribution < -0.4 is 10.1 Å². The number of fused-ring (bicyclic) bond motifs is 1. The highest BCUT2D eigenvalue weighted by Gasteiger charge is 2.20. The van der Waals surface area contributed by atoms with Gasteiger partial charge in [0.2, 0.25) is 0 Å². The van der Waals surface area contributed by atoms with Gasteiger partial charge in [0.15, 0.2) is 12.6 Å². The predicted molar refractivity (Wildman–Crippen MR) is 62.7 cm³/mol. The van der Waals surface area contributed by atoms with E-state index in [1.165, 1.54) is 0 Å². The zero-order valence-electron chi connectivity index (χ0n) is 8.88. The largest absolute Gasteiger partial charge is 0.466 e. The number of ketones is 1. The summed E-state index contributed by atoms with van der Waals surface area (Å²) in [6.45, 7) is 0.982. The van der Waals surface area contributed by atoms with Gasteiger partial charge in [0.05, 0.1) is 18.7 Å². The van der Waals surface area contributed by atoms with Crippen LogP contribution in [0.5, 0.6) is 5.75 Å². The van der Waals surface area contributed by atoms with Crippen molar-refractivity contribution >= 4 is 21.7 Å². The number of rotatable bonds is 3. The van der Waals surface area contributed by atoms with Gasteiger partial charge in [-0.1, -0.05) is 15.9 Å². The fourth-order valence-electron chi connectivity index (χ4n) is 1.64. The molecule has 1 aliphatic heterocycles. The molecular formula is C11H12BrNO3. The van der Waals surface area contributed by atoms with Crippen LogP contribution in [0.2, 0.25) is 0 Å². The Morgan fingerprint density at radius 3 is 3.12 bits per heavy atom. The number of ether oxygens (including phenoxy) is 2. The van der Waals surface area contributed by atoms with E-state index in [0.717, 1.165) is 10.0 Å². The highest BCUT2D eigenvalue weighted by Crippen LogP contribution is 2.31. The Labute approximate surface area is 102 Å². The maximum Gasteiger partial charge on any atom is 0.189 e. The van der Waals surface area contributed by atoms with E-state index in [9.17, 15) is 4.79 Å². The molecule has 5 heteroatoms. The van der Waals surface area contributed by atoms with Crippen molar-refractivity contribution in [2.45, 2.75) is 6.61 Å². The number of carbonyl (C=O) groups is 1. The molecule has 0 aromatic heterocycles. The van der Waals surface area contributed by atoms with Gasteiger partial charge in [0, 0.05) is 10.0 Å². The minimum absolute atomic E-state index is 0.0157. The monoisotopic (exact) mass is 285 g/mol. The highest BCUT2D eigenvalue weighted by molar-refractivity contribution is 9.10. The Bertz CT molecular complexity index is 420. The molecule has 0 fully saturated rings. The number of nitrogens with one attached hydrogen (secondary N) is 1. The first-order chi connectivity index (χ1) is 7.72. The Balaban J connectivity index is 2.43. The van der Waals surface area contributed by atoms with Crippen LogP contribution in [0.25, 0.3) is 0 Å². The SMILES string of the molecule is CNCC(=O)c1cc(Br)cc2c1OCOC2. The van der Waals surface area contributed by atoms with Crippen molar-refractivity contribution in [2.75, 3.05) is 20.4 Å². The third-order valence-electron chi connectivity index (χ3n) is 2.31. The van der Waals surface area contributed by atoms with Crippen LogP contribution in [0.15, 0.2) is 16.6 Å². The van der Waals surface area contributed by atoms with E-state index in [0.29, 0.717) is 24.5 Å². The molecule has 4 nitrogen and oxygen atoms in total. The molecule has 0 spiro atoms. The zero-order chi connectivity index (χ0) is 11.5. The number of carbonyl (C=O) groups excluding carboxylic acids is 1. The molecule has 1 aromatic rings. The molecule has 1 aliphatic rings. The van der Waals surface area contributed by atoms with E-state index in [1.54, 1.807) is 13.1 Å². The number of benzene rings is 1. The summed E-state index contributed by atoms with van der Waals surface area (Å²) in [7, 11) is 1.74. The first-order valence-corrected chi connectivity index (χ1v) is 5.72. The lowest BCUT2D eigenvalue weighted by Gasteiger charge is -2.20. The fourth-order valence-corrected chi connectivity index (χ4v) is 2.15. The van der Waals surface area contributed by atoms with Crippen molar-refractivity contribution in [3.05, 3.63) is 27.7 Å². The molecule has 16 heavy (non-hydrogen) atoms. The number of Topliss-reactive ketones (excluding diaryl/α,β-unsaturated/α-hetero) is 1. The molecule has 0 radical (unpaired) electrons. The molecule has 0 aliphatic carbocycles. The Morgan fingerprint density at radius 2 is 2.38 bits per heavy atom. The van der Waals surface area contributed by atoms with Crippen molar-refractivity contribution in [1.29, 1.82) is 0 Å². The topological polar surface area (TPSA) is 47.6 Å². The second kappa shape index (κ2) is 4.95. The van der Waals surface area contributed by atoms with Crippen molar-refractivity contribution in [2.24, 2.45) is 0 Å². The third-order valence-corrected chi connectivity index (χ3v) is 2.77. The van der Waals surface area contributed by atoms with Crippen LogP contribution in [0, 0.1) is 0 Å². The lowest BCUT2D eigenvalue weighted by Crippen LogP contribution is -2.21. The molecule has 1 aromatic carbocycles. The van der Waals surface area contributed by atoms with Gasteiger partial charge in [-0.3, -0.25) is 4.79 Å². The van der Waals surface area contributed by atoms with E-state index in [2.05, 4.69) is 21.2 Å². The molecule has 86 valence electrons. The Kier molecular flexibility index (Phi) is 3.58. The quantitative estimate of drug-likeness (QED) is 0.859. The first-order valence-electron chi connectivity index (χ1n) is 4.93. The summed E-state index contributed by atoms with van der Waals surface area (Å²) in [5, 5.41) is 2.84. The van der Waals surface area contributed by atoms with Crippen LogP contribution in [-0.2, 0) is 11.3 Å². The van der Waals surface area contributed by atoms with Crippen molar-refractivity contribution in [1.82, 2.24) is 5.32 Å². The molecule has 0 atom stereocenters. The highest BCUT2D eigenvalue weighted by atomic mass is 79.9. The van der Waals surface area contributed by atoms with Gasteiger partial charge in [-0.15, -0.1) is 0 Å². The smallest absolute Gasteiger partial charge is 0.189 e. The van der Waals surface area contributed by atoms with Crippen molar-refractivity contribution < 1.29 is 14.3 Å². The van der Waals surface area contributed by atoms with Gasteiger partial charge >= 0.3 is 0 Å². The standard InChI is InChI=1S/C11H12BrNO3/c1-13-4-10(14)9-3-8(12)2-7-5-15-6-16-11(7)9/h2-3,13H,4-6H2,1H3. The molecular weight excluding hydrogens is 274 g/mol. The zero-order valence-corrected chi connectivity index (χ0v) is 10.5. The Morgan fingerprint density at radius 1 is 1.56 bits per heavy atom. The summed E-state index contributed by atoms with van der Waals surface area (Å²) in [5.41, 5.74) is 1.50. The van der Waals surface area contributed by atoms with Gasteiger partial charge in [-0.05, 0) is 19.2 Å². The normalized spacial score (nSPS) is 14.1. The maximum absolute atomic E-state index is 11.9. The second-order valence-corrected chi connectivity index (χ2v) is 4.42. The molecule has 0 unspecified atom stereocenters. The van der Waals surface area contributed by atoms with E-state index >= 15 is 0 Å². The minimum atomic E-state index is 0.0157. The van der Waals surface area contributed by atoms with Crippen molar-refractivity contribution in [3.8, 4) is 5.75 Å². The van der Waals surface area contributed by atoms with Gasteiger partial charge in [-0.25, -0.2) is 0 Å². The first kappa shape index (κ1) is 11.6. The predicted octanol–water partition coefficient (Wildman–Crippen LogP) is 1.72. The summed E-state index contributed by atoms with van der Waals surface area (Å²) in [4.78, 5) is 11.9. The van der Waals surface area contributed by atoms with Gasteiger partial charge in [0.1, 0.15) is 5.75 Å². The molecule has 0 saturated carbocycles. The second-order valence-electron chi connectivity index (χ2n) is 3.51. The third kappa shape index (κ3) is 2.26. The summed E-state index contributed by atoms with van der Waals surface area (Å²) < 4.78 is 11.4. The van der Waals surface area contributed by atoms with E-state index in [4.69, 9.17) is 9.47 Å². The average Bonchev–Trinajstić information content (AvgIpc) is 2.28. The van der Waals surface area contributed by atoms with Gasteiger partial charge in [-0.2, -0.15) is 0 Å². The van der Waals surface area contributed by atoms with Crippen LogP contribution in [0.3, 0.4) is 0 Å². The number of halogens is 1. The lowest BCUT2D eigenvalue weighted by molar-refractivity contribution is -0.0168. The van der Waals surface area contributed by atoms with Crippen LogP contribution in [0.4, 0.5) is 0 Å². The Hall–Kier alpha value is -0.910. The molecule has 0 bridgehead atoms. The van der Waals surface area contributed by atoms with Crippen LogP contribution in [-0.4, -0.2) is 26.2 Å². The number of hydrogen-bond acceptors (Lipinski definition) is 4. The van der Waals surface area contributed by atoms with Crippen LogP contribution >= 0.6 is 15.9 Å². The minimum Gasteiger partial charge on any atom is -0.466 e. The summed E-state index contributed by atoms with van der Waals surface area (Å²) >= 11 is 3.38. The summed E-state index contributed by atoms with van der Waals surface area (Å²) in [6.07, 6.45) is 0. The molecule has 2 rings (SSSR count). The molecule has 1 heterocycles. The molecule has 1 N–H and O–H groups in total. The summed E-state index contributed by atoms with van der Waals surface area (Å²) in [6, 6.07) is 3.69. The lowest BCUT2D eigenvalue weighted by atomic mass is 10.0. The molecule has 0 saturated heterocycles. The van der Waals surface area contributed by atoms with E-state index in [1.807, 2.05) is 6.07 Å². The van der Waals surface area contributed by atoms with E-state index in [-0.39, 0.29) is 12.6 Å². The maximum atomic E-state index is 11.9. The fraction of sp³-hybridized carbons (Fsp3) is 0.364. The molecule has 0 amide bonds. The van der Waals surface area contributed by atoms with Gasteiger partial charge in [0.25, 0.3) is 0 Å². The van der Waals surface area contributed by atoms with Crippen molar-refractivity contribution in [3.63, 3.8) is 0 Å². The number of hydrogen-bond donors (Lipinski definition) is 1. The van der Waals surface area contributed by atoms with Crippen LogP contribution in [0.1, 0.15) is 15.9 Å². The number of likely N-dealkylation sites (N-methyl/N-ethyl adjacent to an activating group) is 1. The van der Waals surface area contributed by atoms with Gasteiger partial charge < -0.3 is 14.8 Å². The van der Waals surface area contributed by atoms with E-state index < -0.39 is 0 Å².